The Morgan fingerprint density at radius 1 is 1.52 bits per heavy atom. The topological polar surface area (TPSA) is 80.0 Å². The minimum atomic E-state index is 0.259. The van der Waals surface area contributed by atoms with E-state index in [1.54, 1.807) is 0 Å². The number of piperidine rings is 1. The average Bonchev–Trinajstić information content (AvgIpc) is 2.60. The zero-order valence-electron chi connectivity index (χ0n) is 14.8. The average molecular weight is 362 g/mol. The summed E-state index contributed by atoms with van der Waals surface area (Å²) >= 11 is 1.22. The van der Waals surface area contributed by atoms with E-state index >= 15 is 0 Å². The third-order valence-corrected chi connectivity index (χ3v) is 5.11. The predicted octanol–water partition coefficient (Wildman–Crippen LogP) is 3.04. The zero-order chi connectivity index (χ0) is 17.8. The van der Waals surface area contributed by atoms with E-state index < -0.39 is 0 Å². The van der Waals surface area contributed by atoms with Crippen molar-refractivity contribution in [2.75, 3.05) is 24.4 Å². The van der Waals surface area contributed by atoms with Crippen LogP contribution in [-0.2, 0) is 4.79 Å². The zero-order valence-corrected chi connectivity index (χ0v) is 15.6. The van der Waals surface area contributed by atoms with Gasteiger partial charge in [0.15, 0.2) is 0 Å². The number of ether oxygens (including phenoxy) is 1. The van der Waals surface area contributed by atoms with E-state index in [9.17, 15) is 4.79 Å². The lowest BCUT2D eigenvalue weighted by atomic mass is 9.98. The van der Waals surface area contributed by atoms with E-state index in [-0.39, 0.29) is 5.91 Å². The number of hydrogen-bond donors (Lipinski definition) is 2. The van der Waals surface area contributed by atoms with Crippen molar-refractivity contribution in [3.63, 3.8) is 0 Å². The van der Waals surface area contributed by atoms with E-state index in [4.69, 9.17) is 10.5 Å². The summed E-state index contributed by atoms with van der Waals surface area (Å²) < 4.78 is 13.4. The fourth-order valence-electron chi connectivity index (χ4n) is 3.28. The molecule has 3 rings (SSSR count). The molecule has 0 radical (unpaired) electrons. The van der Waals surface area contributed by atoms with Gasteiger partial charge in [-0.1, -0.05) is 19.9 Å². The molecule has 1 amide bonds. The number of carbonyl (C=O) groups is 1. The first-order valence-electron chi connectivity index (χ1n) is 8.84. The second-order valence-electron chi connectivity index (χ2n) is 7.11. The lowest BCUT2D eigenvalue weighted by Gasteiger charge is -2.33. The van der Waals surface area contributed by atoms with Crippen LogP contribution in [0.25, 0.3) is 0 Å². The number of amides is 1. The monoisotopic (exact) mass is 362 g/mol. The van der Waals surface area contributed by atoms with Crippen LogP contribution >= 0.6 is 12.1 Å². The van der Waals surface area contributed by atoms with Crippen LogP contribution in [0.4, 0.5) is 5.69 Å². The molecule has 1 aromatic carbocycles. The lowest BCUT2D eigenvalue weighted by Crippen LogP contribution is -2.42. The second kappa shape index (κ2) is 7.99. The molecule has 0 bridgehead atoms. The van der Waals surface area contributed by atoms with Gasteiger partial charge in [-0.15, -0.1) is 0 Å². The largest absolute Gasteiger partial charge is 0.492 e. The van der Waals surface area contributed by atoms with Crippen LogP contribution in [-0.4, -0.2) is 36.3 Å². The molecule has 1 atom stereocenters. The van der Waals surface area contributed by atoms with Crippen molar-refractivity contribution in [2.45, 2.75) is 33.1 Å². The fraction of sp³-hybridized carbons (Fsp3) is 0.556. The summed E-state index contributed by atoms with van der Waals surface area (Å²) in [4.78, 5) is 14.3. The van der Waals surface area contributed by atoms with Gasteiger partial charge in [0.05, 0.1) is 30.0 Å². The van der Waals surface area contributed by atoms with Crippen LogP contribution in [0.2, 0.25) is 0 Å². The summed E-state index contributed by atoms with van der Waals surface area (Å²) in [7, 11) is 0. The van der Waals surface area contributed by atoms with Gasteiger partial charge in [0.2, 0.25) is 5.91 Å². The molecule has 1 aromatic rings. The van der Waals surface area contributed by atoms with Crippen LogP contribution in [0, 0.1) is 11.8 Å². The third-order valence-electron chi connectivity index (χ3n) is 4.51. The maximum Gasteiger partial charge on any atom is 0.222 e. The Morgan fingerprint density at radius 3 is 3.16 bits per heavy atom. The van der Waals surface area contributed by atoms with Crippen molar-refractivity contribution in [2.24, 2.45) is 22.0 Å². The summed E-state index contributed by atoms with van der Waals surface area (Å²) in [5.74, 6) is 2.23. The normalized spacial score (nSPS) is 19.9. The summed E-state index contributed by atoms with van der Waals surface area (Å²) in [5, 5.41) is 0. The number of benzene rings is 1. The van der Waals surface area contributed by atoms with Crippen LogP contribution in [0.1, 0.15) is 38.7 Å². The number of nitrogens with zero attached hydrogens (tertiary/aromatic N) is 2. The number of hydrogen-bond acceptors (Lipinski definition) is 6. The van der Waals surface area contributed by atoms with E-state index in [2.05, 4.69) is 23.0 Å². The summed E-state index contributed by atoms with van der Waals surface area (Å²) in [6.45, 7) is 6.39. The number of nitrogens with two attached hydrogens (primary N) is 1. The van der Waals surface area contributed by atoms with Crippen LogP contribution < -0.4 is 15.2 Å². The first kappa shape index (κ1) is 17.9. The molecule has 1 fully saturated rings. The van der Waals surface area contributed by atoms with Crippen LogP contribution in [0.5, 0.6) is 5.75 Å². The van der Waals surface area contributed by atoms with Crippen molar-refractivity contribution >= 4 is 29.6 Å². The molecule has 7 heteroatoms. The number of rotatable bonds is 5. The molecule has 0 unspecified atom stereocenters. The molecule has 2 aliphatic rings. The Hall–Kier alpha value is -1.89. The highest BCUT2D eigenvalue weighted by Gasteiger charge is 2.25. The lowest BCUT2D eigenvalue weighted by molar-refractivity contribution is -0.134. The number of fused-ring (bicyclic) bond motifs is 1. The minimum Gasteiger partial charge on any atom is -0.492 e. The Bertz CT molecular complexity index is 662. The molecule has 25 heavy (non-hydrogen) atoms. The van der Waals surface area contributed by atoms with Crippen molar-refractivity contribution in [3.8, 4) is 5.75 Å². The summed E-state index contributed by atoms with van der Waals surface area (Å²) in [6.07, 6.45) is 2.74. The van der Waals surface area contributed by atoms with E-state index in [1.165, 1.54) is 12.1 Å². The predicted molar refractivity (Wildman–Crippen MR) is 103 cm³/mol. The summed E-state index contributed by atoms with van der Waals surface area (Å²) in [5.41, 5.74) is 7.77. The Labute approximate surface area is 153 Å². The maximum absolute atomic E-state index is 12.3. The van der Waals surface area contributed by atoms with Crippen molar-refractivity contribution < 1.29 is 9.53 Å². The van der Waals surface area contributed by atoms with Crippen LogP contribution in [0.3, 0.4) is 0 Å². The fourth-order valence-corrected chi connectivity index (χ4v) is 3.78. The van der Waals surface area contributed by atoms with Gasteiger partial charge in [0, 0.05) is 25.4 Å². The highest BCUT2D eigenvalue weighted by Crippen LogP contribution is 2.32. The number of amidine groups is 1. The van der Waals surface area contributed by atoms with Gasteiger partial charge in [-0.25, -0.2) is 0 Å². The van der Waals surface area contributed by atoms with E-state index in [0.717, 1.165) is 42.9 Å². The number of nitrogens with one attached hydrogen (secondary N) is 1. The number of anilines is 1. The minimum absolute atomic E-state index is 0.259. The molecule has 136 valence electrons. The van der Waals surface area contributed by atoms with Gasteiger partial charge in [-0.2, -0.15) is 4.40 Å². The molecule has 2 heterocycles. The molecule has 0 aliphatic carbocycles. The highest BCUT2D eigenvalue weighted by atomic mass is 32.2. The van der Waals surface area contributed by atoms with Gasteiger partial charge in [-0.05, 0) is 30.9 Å². The molecule has 1 saturated heterocycles. The Morgan fingerprint density at radius 2 is 2.36 bits per heavy atom. The molecule has 0 saturated carbocycles. The van der Waals surface area contributed by atoms with Crippen LogP contribution in [0.15, 0.2) is 22.6 Å². The van der Waals surface area contributed by atoms with Crippen molar-refractivity contribution in [1.29, 1.82) is 0 Å². The summed E-state index contributed by atoms with van der Waals surface area (Å²) in [6, 6.07) is 5.83. The Balaban J connectivity index is 1.61. The smallest absolute Gasteiger partial charge is 0.222 e. The first-order chi connectivity index (χ1) is 12.0. The molecule has 6 nitrogen and oxygen atoms in total. The quantitative estimate of drug-likeness (QED) is 0.787. The molecular formula is C18H26N4O2S. The molecule has 0 aromatic heterocycles. The van der Waals surface area contributed by atoms with E-state index in [0.29, 0.717) is 30.7 Å². The SMILES string of the molecule is CC(C)CC(=O)N1CCC[C@H](COc2cccc3c2C(N)=NSN3)C1. The van der Waals surface area contributed by atoms with Gasteiger partial charge < -0.3 is 20.1 Å². The number of likely N-dealkylation sites (tertiary alicyclic amines) is 1. The Kier molecular flexibility index (Phi) is 5.73. The molecular weight excluding hydrogens is 336 g/mol. The standard InChI is InChI=1S/C18H26N4O2S/c1-12(2)9-16(23)22-8-4-5-13(10-22)11-24-15-7-3-6-14-17(15)18(19)21-25-20-14/h3,6-7,12-13,20H,4-5,8-11H2,1-2H3,(H2,19,21)/t13-/m0/s1. The van der Waals surface area contributed by atoms with Gasteiger partial charge >= 0.3 is 0 Å². The van der Waals surface area contributed by atoms with Gasteiger partial charge in [0.1, 0.15) is 11.6 Å². The van der Waals surface area contributed by atoms with Gasteiger partial charge in [-0.3, -0.25) is 4.79 Å². The molecule has 0 spiro atoms. The number of carbonyl (C=O) groups excluding carboxylic acids is 1. The second-order valence-corrected chi connectivity index (χ2v) is 7.67. The molecule has 2 aliphatic heterocycles. The highest BCUT2D eigenvalue weighted by molar-refractivity contribution is 7.99. The van der Waals surface area contributed by atoms with E-state index in [1.807, 2.05) is 23.1 Å². The van der Waals surface area contributed by atoms with Crippen molar-refractivity contribution in [3.05, 3.63) is 23.8 Å². The first-order valence-corrected chi connectivity index (χ1v) is 9.61. The maximum atomic E-state index is 12.3. The third kappa shape index (κ3) is 4.39. The van der Waals surface area contributed by atoms with Gasteiger partial charge in [0.25, 0.3) is 0 Å². The molecule has 3 N–H and O–H groups in total. The van der Waals surface area contributed by atoms with Crippen molar-refractivity contribution in [1.82, 2.24) is 4.90 Å².